The number of sulfonamides is 1. The van der Waals surface area contributed by atoms with Gasteiger partial charge < -0.3 is 10.2 Å². The Morgan fingerprint density at radius 3 is 2.71 bits per heavy atom. The normalized spacial score (nSPS) is 12.2. The number of aromatic nitrogens is 4. The molecule has 10 heteroatoms. The van der Waals surface area contributed by atoms with Crippen LogP contribution in [0.1, 0.15) is 19.2 Å². The third-order valence-corrected chi connectivity index (χ3v) is 4.87. The van der Waals surface area contributed by atoms with Crippen LogP contribution in [-0.2, 0) is 16.4 Å². The van der Waals surface area contributed by atoms with Gasteiger partial charge in [-0.25, -0.2) is 13.1 Å². The van der Waals surface area contributed by atoms with E-state index in [0.29, 0.717) is 17.9 Å². The molecule has 0 radical (unpaired) electrons. The number of nitrogens with one attached hydrogen (secondary N) is 2. The Morgan fingerprint density at radius 2 is 2.00 bits per heavy atom. The van der Waals surface area contributed by atoms with Crippen LogP contribution in [0.3, 0.4) is 0 Å². The van der Waals surface area contributed by atoms with Crippen molar-refractivity contribution in [3.63, 3.8) is 0 Å². The fourth-order valence-electron chi connectivity index (χ4n) is 2.12. The summed E-state index contributed by atoms with van der Waals surface area (Å²) >= 11 is 0. The van der Waals surface area contributed by atoms with Gasteiger partial charge in [-0.3, -0.25) is 0 Å². The van der Waals surface area contributed by atoms with Gasteiger partial charge in [0.2, 0.25) is 10.0 Å². The average molecular weight is 355 g/mol. The SMILES string of the molecule is CCS(=O)(=O)NCCc1nnc2ccc(NCCCN(C)C)nn12. The zero-order valence-electron chi connectivity index (χ0n) is 14.4. The molecule has 2 aromatic rings. The molecule has 0 atom stereocenters. The fourth-order valence-corrected chi connectivity index (χ4v) is 2.73. The number of anilines is 1. The van der Waals surface area contributed by atoms with Crippen LogP contribution in [0.15, 0.2) is 12.1 Å². The Balaban J connectivity index is 1.97. The fraction of sp³-hybridized carbons (Fsp3) is 0.643. The van der Waals surface area contributed by atoms with Gasteiger partial charge >= 0.3 is 0 Å². The van der Waals surface area contributed by atoms with Gasteiger partial charge in [-0.1, -0.05) is 0 Å². The average Bonchev–Trinajstić information content (AvgIpc) is 2.94. The molecule has 0 fully saturated rings. The van der Waals surface area contributed by atoms with Gasteiger partial charge in [0.15, 0.2) is 11.5 Å². The molecule has 9 nitrogen and oxygen atoms in total. The van der Waals surface area contributed by atoms with Crippen molar-refractivity contribution in [1.82, 2.24) is 29.4 Å². The smallest absolute Gasteiger partial charge is 0.211 e. The highest BCUT2D eigenvalue weighted by molar-refractivity contribution is 7.89. The van der Waals surface area contributed by atoms with Crippen molar-refractivity contribution in [2.45, 2.75) is 19.8 Å². The predicted molar refractivity (Wildman–Crippen MR) is 93.6 cm³/mol. The van der Waals surface area contributed by atoms with Crippen molar-refractivity contribution in [1.29, 1.82) is 0 Å². The third-order valence-electron chi connectivity index (χ3n) is 3.47. The summed E-state index contributed by atoms with van der Waals surface area (Å²) in [4.78, 5) is 2.13. The molecule has 0 amide bonds. The Hall–Kier alpha value is -1.78. The molecule has 0 bridgehead atoms. The third kappa shape index (κ3) is 5.39. The molecule has 0 aliphatic carbocycles. The molecular formula is C14H25N7O2S. The molecule has 0 saturated carbocycles. The molecule has 0 aromatic carbocycles. The van der Waals surface area contributed by atoms with Crippen LogP contribution in [0, 0.1) is 0 Å². The van der Waals surface area contributed by atoms with Crippen molar-refractivity contribution in [3.8, 4) is 0 Å². The van der Waals surface area contributed by atoms with E-state index in [0.717, 1.165) is 25.3 Å². The summed E-state index contributed by atoms with van der Waals surface area (Å²) in [6, 6.07) is 3.71. The van der Waals surface area contributed by atoms with Crippen molar-refractivity contribution in [3.05, 3.63) is 18.0 Å². The summed E-state index contributed by atoms with van der Waals surface area (Å²) in [6.45, 7) is 3.71. The van der Waals surface area contributed by atoms with Crippen molar-refractivity contribution in [2.24, 2.45) is 0 Å². The maximum atomic E-state index is 11.5. The zero-order chi connectivity index (χ0) is 17.6. The van der Waals surface area contributed by atoms with Crippen LogP contribution in [0.4, 0.5) is 5.82 Å². The summed E-state index contributed by atoms with van der Waals surface area (Å²) in [7, 11) is 0.884. The number of fused-ring (bicyclic) bond motifs is 1. The van der Waals surface area contributed by atoms with Crippen molar-refractivity contribution in [2.75, 3.05) is 44.8 Å². The van der Waals surface area contributed by atoms with E-state index in [1.807, 2.05) is 26.2 Å². The number of nitrogens with zero attached hydrogens (tertiary/aromatic N) is 5. The van der Waals surface area contributed by atoms with Gasteiger partial charge in [0.05, 0.1) is 5.75 Å². The van der Waals surface area contributed by atoms with Crippen molar-refractivity contribution < 1.29 is 8.42 Å². The topological polar surface area (TPSA) is 105 Å². The molecule has 2 aromatic heterocycles. The minimum Gasteiger partial charge on any atom is -0.369 e. The van der Waals surface area contributed by atoms with Gasteiger partial charge in [-0.2, -0.15) is 4.52 Å². The summed E-state index contributed by atoms with van der Waals surface area (Å²) < 4.78 is 27.1. The van der Waals surface area contributed by atoms with E-state index in [1.54, 1.807) is 11.4 Å². The highest BCUT2D eigenvalue weighted by Gasteiger charge is 2.10. The first kappa shape index (κ1) is 18.6. The Morgan fingerprint density at radius 1 is 1.21 bits per heavy atom. The van der Waals surface area contributed by atoms with E-state index in [-0.39, 0.29) is 12.3 Å². The van der Waals surface area contributed by atoms with Crippen LogP contribution in [0.2, 0.25) is 0 Å². The second-order valence-corrected chi connectivity index (χ2v) is 7.83. The molecular weight excluding hydrogens is 330 g/mol. The van der Waals surface area contributed by atoms with E-state index >= 15 is 0 Å². The van der Waals surface area contributed by atoms with Gasteiger partial charge in [-0.05, 0) is 46.1 Å². The molecule has 0 unspecified atom stereocenters. The molecule has 134 valence electrons. The van der Waals surface area contributed by atoms with Gasteiger partial charge in [-0.15, -0.1) is 15.3 Å². The van der Waals surface area contributed by atoms with Crippen LogP contribution in [-0.4, -0.2) is 72.6 Å². The molecule has 2 N–H and O–H groups in total. The summed E-state index contributed by atoms with van der Waals surface area (Å²) in [6.07, 6.45) is 1.44. The number of hydrogen-bond donors (Lipinski definition) is 2. The Bertz CT molecular complexity index is 758. The highest BCUT2D eigenvalue weighted by Crippen LogP contribution is 2.07. The van der Waals surface area contributed by atoms with E-state index in [4.69, 9.17) is 0 Å². The molecule has 0 spiro atoms. The Labute approximate surface area is 142 Å². The first-order valence-electron chi connectivity index (χ1n) is 7.98. The summed E-state index contributed by atoms with van der Waals surface area (Å²) in [5, 5.41) is 15.9. The van der Waals surface area contributed by atoms with Crippen molar-refractivity contribution >= 4 is 21.5 Å². The molecule has 0 aliphatic heterocycles. The standard InChI is InChI=1S/C14H25N7O2S/c1-4-24(22,23)16-10-8-14-18-17-13-7-6-12(19-21(13)14)15-9-5-11-20(2)3/h6-7,16H,4-5,8-11H2,1-3H3,(H,15,19). The number of hydrogen-bond acceptors (Lipinski definition) is 7. The van der Waals surface area contributed by atoms with Gasteiger partial charge in [0.1, 0.15) is 5.82 Å². The largest absolute Gasteiger partial charge is 0.369 e. The van der Waals surface area contributed by atoms with E-state index < -0.39 is 10.0 Å². The first-order valence-corrected chi connectivity index (χ1v) is 9.64. The second kappa shape index (κ2) is 8.36. The second-order valence-electron chi connectivity index (χ2n) is 5.74. The molecule has 2 heterocycles. The minimum absolute atomic E-state index is 0.0623. The quantitative estimate of drug-likeness (QED) is 0.577. The molecule has 2 rings (SSSR count). The lowest BCUT2D eigenvalue weighted by Crippen LogP contribution is -2.27. The monoisotopic (exact) mass is 355 g/mol. The summed E-state index contributed by atoms with van der Waals surface area (Å²) in [5.74, 6) is 1.43. The van der Waals surface area contributed by atoms with Crippen LogP contribution < -0.4 is 10.0 Å². The highest BCUT2D eigenvalue weighted by atomic mass is 32.2. The van der Waals surface area contributed by atoms with E-state index in [1.165, 1.54) is 0 Å². The Kier molecular flexibility index (Phi) is 6.46. The molecule has 0 aliphatic rings. The maximum absolute atomic E-state index is 11.5. The van der Waals surface area contributed by atoms with E-state index in [2.05, 4.69) is 30.2 Å². The number of rotatable bonds is 10. The molecule has 0 saturated heterocycles. The lowest BCUT2D eigenvalue weighted by atomic mass is 10.4. The molecule has 24 heavy (non-hydrogen) atoms. The van der Waals surface area contributed by atoms with Crippen LogP contribution in [0.5, 0.6) is 0 Å². The van der Waals surface area contributed by atoms with Gasteiger partial charge in [0, 0.05) is 19.5 Å². The van der Waals surface area contributed by atoms with Gasteiger partial charge in [0.25, 0.3) is 0 Å². The summed E-state index contributed by atoms with van der Waals surface area (Å²) in [5.41, 5.74) is 0.641. The lowest BCUT2D eigenvalue weighted by Gasteiger charge is -2.10. The maximum Gasteiger partial charge on any atom is 0.211 e. The predicted octanol–water partition coefficient (Wildman–Crippen LogP) is -0.0303. The minimum atomic E-state index is -3.20. The first-order chi connectivity index (χ1) is 11.4. The lowest BCUT2D eigenvalue weighted by molar-refractivity contribution is 0.405. The van der Waals surface area contributed by atoms with Crippen LogP contribution in [0.25, 0.3) is 5.65 Å². The van der Waals surface area contributed by atoms with Crippen LogP contribution >= 0.6 is 0 Å². The zero-order valence-corrected chi connectivity index (χ0v) is 15.2. The van der Waals surface area contributed by atoms with E-state index in [9.17, 15) is 8.42 Å².